The summed E-state index contributed by atoms with van der Waals surface area (Å²) in [7, 11) is 2.05. The molecule has 0 saturated carbocycles. The van der Waals surface area contributed by atoms with Gasteiger partial charge in [-0.3, -0.25) is 0 Å². The van der Waals surface area contributed by atoms with Crippen LogP contribution < -0.4 is 10.6 Å². The molecular formula is C13H18N4S. The molecule has 5 heteroatoms. The van der Waals surface area contributed by atoms with Crippen molar-refractivity contribution in [3.8, 4) is 0 Å². The molecule has 18 heavy (non-hydrogen) atoms. The van der Waals surface area contributed by atoms with Gasteiger partial charge in [0.05, 0.1) is 0 Å². The standard InChI is InChI=1S/C13H18N4S/c1-3-11-12(14)15-9-16-13(11)17(2)7-6-10-5-4-8-18-10/h4-5,8-9H,3,6-7H2,1-2H3,(H2,14,15,16). The maximum atomic E-state index is 5.88. The lowest BCUT2D eigenvalue weighted by Gasteiger charge is -2.20. The number of nitrogens with two attached hydrogens (primary N) is 1. The van der Waals surface area contributed by atoms with Crippen molar-refractivity contribution >= 4 is 23.0 Å². The van der Waals surface area contributed by atoms with E-state index in [1.54, 1.807) is 11.3 Å². The zero-order chi connectivity index (χ0) is 13.0. The van der Waals surface area contributed by atoms with E-state index in [4.69, 9.17) is 5.73 Å². The van der Waals surface area contributed by atoms with Gasteiger partial charge in [0, 0.05) is 24.0 Å². The van der Waals surface area contributed by atoms with Crippen LogP contribution in [0.5, 0.6) is 0 Å². The molecule has 0 aliphatic heterocycles. The Morgan fingerprint density at radius 3 is 2.89 bits per heavy atom. The third-order valence-corrected chi connectivity index (χ3v) is 3.88. The highest BCUT2D eigenvalue weighted by Crippen LogP contribution is 2.21. The highest BCUT2D eigenvalue weighted by molar-refractivity contribution is 7.09. The van der Waals surface area contributed by atoms with Crippen LogP contribution in [0.15, 0.2) is 23.8 Å². The van der Waals surface area contributed by atoms with Crippen molar-refractivity contribution in [1.29, 1.82) is 0 Å². The van der Waals surface area contributed by atoms with E-state index in [0.717, 1.165) is 30.8 Å². The molecule has 2 N–H and O–H groups in total. The molecule has 0 aromatic carbocycles. The summed E-state index contributed by atoms with van der Waals surface area (Å²) < 4.78 is 0. The van der Waals surface area contributed by atoms with E-state index in [-0.39, 0.29) is 0 Å². The van der Waals surface area contributed by atoms with E-state index < -0.39 is 0 Å². The second kappa shape index (κ2) is 5.82. The summed E-state index contributed by atoms with van der Waals surface area (Å²) in [6.07, 6.45) is 3.41. The average molecular weight is 262 g/mol. The van der Waals surface area contributed by atoms with Crippen molar-refractivity contribution in [2.45, 2.75) is 19.8 Å². The number of anilines is 2. The Kier molecular flexibility index (Phi) is 4.15. The second-order valence-corrected chi connectivity index (χ2v) is 5.20. The van der Waals surface area contributed by atoms with Crippen molar-refractivity contribution in [1.82, 2.24) is 9.97 Å². The molecule has 0 bridgehead atoms. The number of thiophene rings is 1. The van der Waals surface area contributed by atoms with Crippen LogP contribution in [0.25, 0.3) is 0 Å². The van der Waals surface area contributed by atoms with E-state index in [1.165, 1.54) is 11.2 Å². The molecule has 0 spiro atoms. The van der Waals surface area contributed by atoms with Crippen LogP contribution in [0.2, 0.25) is 0 Å². The fourth-order valence-corrected chi connectivity index (χ4v) is 2.62. The van der Waals surface area contributed by atoms with E-state index in [1.807, 2.05) is 0 Å². The molecule has 2 aromatic heterocycles. The molecule has 2 rings (SSSR count). The molecule has 0 saturated heterocycles. The summed E-state index contributed by atoms with van der Waals surface area (Å²) in [5.74, 6) is 1.53. The van der Waals surface area contributed by atoms with Crippen LogP contribution in [-0.2, 0) is 12.8 Å². The SMILES string of the molecule is CCc1c(N)ncnc1N(C)CCc1cccs1. The first kappa shape index (κ1) is 12.8. The molecule has 2 aromatic rings. The third-order valence-electron chi connectivity index (χ3n) is 2.94. The maximum absolute atomic E-state index is 5.88. The Hall–Kier alpha value is -1.62. The summed E-state index contributed by atoms with van der Waals surface area (Å²) in [4.78, 5) is 11.9. The highest BCUT2D eigenvalue weighted by atomic mass is 32.1. The zero-order valence-electron chi connectivity index (χ0n) is 10.8. The van der Waals surface area contributed by atoms with Crippen molar-refractivity contribution in [3.05, 3.63) is 34.3 Å². The van der Waals surface area contributed by atoms with Gasteiger partial charge in [0.15, 0.2) is 0 Å². The lowest BCUT2D eigenvalue weighted by Crippen LogP contribution is -2.23. The van der Waals surface area contributed by atoms with Crippen molar-refractivity contribution in [2.24, 2.45) is 0 Å². The molecule has 2 heterocycles. The Bertz CT molecular complexity index is 496. The Morgan fingerprint density at radius 1 is 1.39 bits per heavy atom. The molecule has 0 amide bonds. The quantitative estimate of drug-likeness (QED) is 0.898. The minimum Gasteiger partial charge on any atom is -0.383 e. The Labute approximate surface area is 111 Å². The first-order valence-corrected chi connectivity index (χ1v) is 6.93. The van der Waals surface area contributed by atoms with Crippen LogP contribution in [-0.4, -0.2) is 23.6 Å². The van der Waals surface area contributed by atoms with Gasteiger partial charge in [-0.05, 0) is 24.3 Å². The zero-order valence-corrected chi connectivity index (χ0v) is 11.6. The van der Waals surface area contributed by atoms with Gasteiger partial charge in [-0.2, -0.15) is 0 Å². The van der Waals surface area contributed by atoms with Gasteiger partial charge >= 0.3 is 0 Å². The monoisotopic (exact) mass is 262 g/mol. The lowest BCUT2D eigenvalue weighted by atomic mass is 10.2. The van der Waals surface area contributed by atoms with Crippen LogP contribution >= 0.6 is 11.3 Å². The van der Waals surface area contributed by atoms with Crippen LogP contribution in [0, 0.1) is 0 Å². The predicted molar refractivity (Wildman–Crippen MR) is 77.1 cm³/mol. The fraction of sp³-hybridized carbons (Fsp3) is 0.385. The van der Waals surface area contributed by atoms with Crippen molar-refractivity contribution in [2.75, 3.05) is 24.2 Å². The number of nitrogen functional groups attached to an aromatic ring is 1. The smallest absolute Gasteiger partial charge is 0.137 e. The minimum atomic E-state index is 0.588. The summed E-state index contributed by atoms with van der Waals surface area (Å²) in [5, 5.41) is 2.11. The topological polar surface area (TPSA) is 55.0 Å². The maximum Gasteiger partial charge on any atom is 0.137 e. The molecule has 4 nitrogen and oxygen atoms in total. The molecule has 96 valence electrons. The normalized spacial score (nSPS) is 10.6. The first-order chi connectivity index (χ1) is 8.72. The number of nitrogens with zero attached hydrogens (tertiary/aromatic N) is 3. The number of aromatic nitrogens is 2. The third kappa shape index (κ3) is 2.79. The Balaban J connectivity index is 2.08. The number of rotatable bonds is 5. The van der Waals surface area contributed by atoms with Crippen LogP contribution in [0.4, 0.5) is 11.6 Å². The number of likely N-dealkylation sites (N-methyl/N-ethyl adjacent to an activating group) is 1. The fourth-order valence-electron chi connectivity index (χ4n) is 1.92. The predicted octanol–water partition coefficient (Wildman–Crippen LogP) is 2.36. The summed E-state index contributed by atoms with van der Waals surface area (Å²) in [5.41, 5.74) is 6.92. The number of hydrogen-bond donors (Lipinski definition) is 1. The second-order valence-electron chi connectivity index (χ2n) is 4.17. The van der Waals surface area contributed by atoms with Gasteiger partial charge in [0.1, 0.15) is 18.0 Å². The summed E-state index contributed by atoms with van der Waals surface area (Å²) in [6.45, 7) is 3.01. The minimum absolute atomic E-state index is 0.588. The van der Waals surface area contributed by atoms with Gasteiger partial charge in [0.25, 0.3) is 0 Å². The highest BCUT2D eigenvalue weighted by Gasteiger charge is 2.11. The molecule has 0 aliphatic rings. The lowest BCUT2D eigenvalue weighted by molar-refractivity contribution is 0.851. The van der Waals surface area contributed by atoms with Gasteiger partial charge in [-0.25, -0.2) is 9.97 Å². The molecule has 0 unspecified atom stereocenters. The van der Waals surface area contributed by atoms with Crippen LogP contribution in [0.3, 0.4) is 0 Å². The summed E-state index contributed by atoms with van der Waals surface area (Å²) >= 11 is 1.79. The summed E-state index contributed by atoms with van der Waals surface area (Å²) in [6, 6.07) is 4.24. The molecular weight excluding hydrogens is 244 g/mol. The van der Waals surface area contributed by atoms with Crippen LogP contribution in [0.1, 0.15) is 17.4 Å². The number of hydrogen-bond acceptors (Lipinski definition) is 5. The van der Waals surface area contributed by atoms with Crippen molar-refractivity contribution < 1.29 is 0 Å². The van der Waals surface area contributed by atoms with Gasteiger partial charge in [-0.1, -0.05) is 13.0 Å². The molecule has 0 fully saturated rings. The van der Waals surface area contributed by atoms with Crippen molar-refractivity contribution in [3.63, 3.8) is 0 Å². The molecule has 0 aliphatic carbocycles. The molecule has 0 atom stereocenters. The average Bonchev–Trinajstić information content (AvgIpc) is 2.88. The van der Waals surface area contributed by atoms with Gasteiger partial charge in [0.2, 0.25) is 0 Å². The van der Waals surface area contributed by atoms with Gasteiger partial charge < -0.3 is 10.6 Å². The van der Waals surface area contributed by atoms with E-state index >= 15 is 0 Å². The van der Waals surface area contributed by atoms with E-state index in [2.05, 4.69) is 46.4 Å². The van der Waals surface area contributed by atoms with E-state index in [0.29, 0.717) is 5.82 Å². The Morgan fingerprint density at radius 2 is 2.22 bits per heavy atom. The molecule has 0 radical (unpaired) electrons. The largest absolute Gasteiger partial charge is 0.383 e. The first-order valence-electron chi connectivity index (χ1n) is 6.05. The van der Waals surface area contributed by atoms with E-state index in [9.17, 15) is 0 Å². The van der Waals surface area contributed by atoms with Gasteiger partial charge in [-0.15, -0.1) is 11.3 Å².